The van der Waals surface area contributed by atoms with Crippen LogP contribution in [-0.2, 0) is 6.42 Å². The predicted octanol–water partition coefficient (Wildman–Crippen LogP) is 3.95. The first-order valence-electron chi connectivity index (χ1n) is 7.12. The zero-order chi connectivity index (χ0) is 14.8. The summed E-state index contributed by atoms with van der Waals surface area (Å²) >= 11 is 5.86. The maximum absolute atomic E-state index is 11.2. The van der Waals surface area contributed by atoms with Gasteiger partial charge in [-0.2, -0.15) is 0 Å². The molecule has 2 N–H and O–H groups in total. The summed E-state index contributed by atoms with van der Waals surface area (Å²) < 4.78 is 0. The highest BCUT2D eigenvalue weighted by molar-refractivity contribution is 6.30. The van der Waals surface area contributed by atoms with Crippen LogP contribution in [0.4, 0.5) is 5.69 Å². The van der Waals surface area contributed by atoms with E-state index in [4.69, 9.17) is 17.3 Å². The van der Waals surface area contributed by atoms with Gasteiger partial charge in [0.1, 0.15) is 0 Å². The quantitative estimate of drug-likeness (QED) is 0.661. The summed E-state index contributed by atoms with van der Waals surface area (Å²) in [5.74, 6) is 0.699. The summed E-state index contributed by atoms with van der Waals surface area (Å²) in [7, 11) is 0. The number of nitro benzene ring substituents is 1. The number of hydrogen-bond acceptors (Lipinski definition) is 3. The van der Waals surface area contributed by atoms with Crippen LogP contribution in [0.3, 0.4) is 0 Å². The second-order valence-electron chi connectivity index (χ2n) is 5.93. The lowest BCUT2D eigenvalue weighted by atomic mass is 9.79. The van der Waals surface area contributed by atoms with Gasteiger partial charge in [0, 0.05) is 16.7 Å². The molecule has 4 nitrogen and oxygen atoms in total. The number of rotatable bonds is 5. The first-order chi connectivity index (χ1) is 9.49. The molecular formula is C15H21ClN2O2. The maximum atomic E-state index is 11.2. The van der Waals surface area contributed by atoms with E-state index in [2.05, 4.69) is 6.92 Å². The van der Waals surface area contributed by atoms with Crippen LogP contribution in [0, 0.1) is 21.4 Å². The van der Waals surface area contributed by atoms with Crippen molar-refractivity contribution in [1.82, 2.24) is 0 Å². The number of hydrogen-bond donors (Lipinski definition) is 1. The van der Waals surface area contributed by atoms with Gasteiger partial charge < -0.3 is 5.73 Å². The van der Waals surface area contributed by atoms with Crippen LogP contribution in [0.2, 0.25) is 5.02 Å². The Morgan fingerprint density at radius 3 is 2.85 bits per heavy atom. The van der Waals surface area contributed by atoms with Crippen LogP contribution >= 0.6 is 11.6 Å². The minimum atomic E-state index is -0.350. The van der Waals surface area contributed by atoms with Gasteiger partial charge in [-0.1, -0.05) is 31.0 Å². The van der Waals surface area contributed by atoms with E-state index in [0.717, 1.165) is 24.8 Å². The highest BCUT2D eigenvalue weighted by Crippen LogP contribution is 2.45. The molecule has 1 aliphatic carbocycles. The number of nitrogens with two attached hydrogens (primary N) is 1. The van der Waals surface area contributed by atoms with E-state index in [1.54, 1.807) is 12.1 Å². The highest BCUT2D eigenvalue weighted by Gasteiger charge is 2.38. The molecule has 110 valence electrons. The molecule has 1 aliphatic rings. The molecule has 0 bridgehead atoms. The SMILES string of the molecule is CCC1CCC(CN)(Cc2ccc(Cl)cc2[N+](=O)[O-])C1. The average molecular weight is 297 g/mol. The van der Waals surface area contributed by atoms with E-state index in [0.29, 0.717) is 23.9 Å². The van der Waals surface area contributed by atoms with Crippen molar-refractivity contribution >= 4 is 17.3 Å². The lowest BCUT2D eigenvalue weighted by Gasteiger charge is -2.27. The molecule has 0 heterocycles. The van der Waals surface area contributed by atoms with Crippen LogP contribution in [-0.4, -0.2) is 11.5 Å². The Bertz CT molecular complexity index is 507. The summed E-state index contributed by atoms with van der Waals surface area (Å²) in [6.45, 7) is 2.78. The largest absolute Gasteiger partial charge is 0.330 e. The molecule has 20 heavy (non-hydrogen) atoms. The van der Waals surface area contributed by atoms with Gasteiger partial charge in [0.15, 0.2) is 0 Å². The van der Waals surface area contributed by atoms with Crippen molar-refractivity contribution in [3.05, 3.63) is 38.9 Å². The van der Waals surface area contributed by atoms with Gasteiger partial charge in [-0.15, -0.1) is 0 Å². The third-order valence-electron chi connectivity index (χ3n) is 4.62. The standard InChI is InChI=1S/C15H21ClN2O2/c1-2-11-5-6-15(8-11,10-17)9-12-3-4-13(16)7-14(12)18(19)20/h3-4,7,11H,2,5-6,8-10,17H2,1H3. The molecule has 1 saturated carbocycles. The summed E-state index contributed by atoms with van der Waals surface area (Å²) in [5.41, 5.74) is 6.87. The summed E-state index contributed by atoms with van der Waals surface area (Å²) in [6, 6.07) is 4.94. The fraction of sp³-hybridized carbons (Fsp3) is 0.600. The third-order valence-corrected chi connectivity index (χ3v) is 4.86. The average Bonchev–Trinajstić information content (AvgIpc) is 2.85. The van der Waals surface area contributed by atoms with Gasteiger partial charge in [-0.25, -0.2) is 0 Å². The molecule has 5 heteroatoms. The molecule has 1 aromatic rings. The minimum absolute atomic E-state index is 0.0132. The number of nitrogens with zero attached hydrogens (tertiary/aromatic N) is 1. The zero-order valence-electron chi connectivity index (χ0n) is 11.8. The first kappa shape index (κ1) is 15.3. The molecule has 0 aliphatic heterocycles. The molecule has 1 fully saturated rings. The fourth-order valence-electron chi connectivity index (χ4n) is 3.35. The summed E-state index contributed by atoms with van der Waals surface area (Å²) in [5, 5.41) is 11.6. The molecular weight excluding hydrogens is 276 g/mol. The predicted molar refractivity (Wildman–Crippen MR) is 80.9 cm³/mol. The molecule has 0 amide bonds. The van der Waals surface area contributed by atoms with Crippen molar-refractivity contribution in [2.75, 3.05) is 6.54 Å². The topological polar surface area (TPSA) is 69.2 Å². The number of nitro groups is 1. The van der Waals surface area contributed by atoms with Crippen molar-refractivity contribution in [2.45, 2.75) is 39.0 Å². The van der Waals surface area contributed by atoms with Gasteiger partial charge in [0.25, 0.3) is 5.69 Å². The molecule has 0 radical (unpaired) electrons. The van der Waals surface area contributed by atoms with E-state index in [9.17, 15) is 10.1 Å². The van der Waals surface area contributed by atoms with Gasteiger partial charge in [-0.05, 0) is 49.6 Å². The molecule has 0 aromatic heterocycles. The smallest absolute Gasteiger partial charge is 0.274 e. The van der Waals surface area contributed by atoms with Crippen LogP contribution in [0.5, 0.6) is 0 Å². The minimum Gasteiger partial charge on any atom is -0.330 e. The van der Waals surface area contributed by atoms with E-state index in [-0.39, 0.29) is 16.0 Å². The van der Waals surface area contributed by atoms with Crippen LogP contribution in [0.1, 0.15) is 38.2 Å². The fourth-order valence-corrected chi connectivity index (χ4v) is 3.52. The van der Waals surface area contributed by atoms with Gasteiger partial charge in [0.05, 0.1) is 4.92 Å². The van der Waals surface area contributed by atoms with Crippen LogP contribution in [0.15, 0.2) is 18.2 Å². The Morgan fingerprint density at radius 1 is 1.55 bits per heavy atom. The van der Waals surface area contributed by atoms with Gasteiger partial charge in [0.2, 0.25) is 0 Å². The first-order valence-corrected chi connectivity index (χ1v) is 7.50. The molecule has 2 unspecified atom stereocenters. The van der Waals surface area contributed by atoms with Crippen molar-refractivity contribution in [3.63, 3.8) is 0 Å². The number of benzene rings is 1. The zero-order valence-corrected chi connectivity index (χ0v) is 12.5. The van der Waals surface area contributed by atoms with E-state index < -0.39 is 0 Å². The van der Waals surface area contributed by atoms with Crippen LogP contribution < -0.4 is 5.73 Å². The second-order valence-corrected chi connectivity index (χ2v) is 6.36. The van der Waals surface area contributed by atoms with Crippen molar-refractivity contribution in [1.29, 1.82) is 0 Å². The Hall–Kier alpha value is -1.13. The van der Waals surface area contributed by atoms with Crippen LogP contribution in [0.25, 0.3) is 0 Å². The normalized spacial score (nSPS) is 25.9. The summed E-state index contributed by atoms with van der Waals surface area (Å²) in [6.07, 6.45) is 5.13. The van der Waals surface area contributed by atoms with Gasteiger partial charge >= 0.3 is 0 Å². The van der Waals surface area contributed by atoms with Crippen molar-refractivity contribution < 1.29 is 4.92 Å². The van der Waals surface area contributed by atoms with Crippen molar-refractivity contribution in [3.8, 4) is 0 Å². The van der Waals surface area contributed by atoms with E-state index in [1.165, 1.54) is 12.5 Å². The Morgan fingerprint density at radius 2 is 2.30 bits per heavy atom. The van der Waals surface area contributed by atoms with Gasteiger partial charge in [-0.3, -0.25) is 10.1 Å². The van der Waals surface area contributed by atoms with E-state index >= 15 is 0 Å². The number of halogens is 1. The molecule has 2 atom stereocenters. The lowest BCUT2D eigenvalue weighted by molar-refractivity contribution is -0.385. The maximum Gasteiger partial charge on any atom is 0.274 e. The molecule has 0 saturated heterocycles. The second kappa shape index (κ2) is 6.10. The lowest BCUT2D eigenvalue weighted by Crippen LogP contribution is -2.30. The van der Waals surface area contributed by atoms with E-state index in [1.807, 2.05) is 0 Å². The Kier molecular flexibility index (Phi) is 4.66. The molecule has 1 aromatic carbocycles. The molecule has 2 rings (SSSR count). The highest BCUT2D eigenvalue weighted by atomic mass is 35.5. The monoisotopic (exact) mass is 296 g/mol. The summed E-state index contributed by atoms with van der Waals surface area (Å²) in [4.78, 5) is 10.8. The molecule has 0 spiro atoms. The Labute approximate surface area is 124 Å². The Balaban J connectivity index is 2.26. The third kappa shape index (κ3) is 3.13. The van der Waals surface area contributed by atoms with Crippen molar-refractivity contribution in [2.24, 2.45) is 17.1 Å².